The number of ether oxygens (including phenoxy) is 1. The summed E-state index contributed by atoms with van der Waals surface area (Å²) in [7, 11) is 0. The molecule has 0 radical (unpaired) electrons. The molecule has 0 aromatic carbocycles. The van der Waals surface area contributed by atoms with E-state index in [9.17, 15) is 4.79 Å². The molecule has 19 heavy (non-hydrogen) atoms. The summed E-state index contributed by atoms with van der Waals surface area (Å²) in [4.78, 5) is 18.5. The van der Waals surface area contributed by atoms with Gasteiger partial charge in [-0.1, -0.05) is 12.2 Å². The number of nitrogens with zero attached hydrogens (tertiary/aromatic N) is 2. The van der Waals surface area contributed by atoms with Crippen molar-refractivity contribution in [3.05, 3.63) is 29.6 Å². The molecule has 102 valence electrons. The minimum absolute atomic E-state index is 0.0577. The Bertz CT molecular complexity index is 475. The number of amides is 1. The number of thiocarbonyl (C=S) groups is 1. The Morgan fingerprint density at radius 2 is 2.37 bits per heavy atom. The Morgan fingerprint density at radius 1 is 1.58 bits per heavy atom. The zero-order valence-electron chi connectivity index (χ0n) is 10.8. The van der Waals surface area contributed by atoms with Crippen LogP contribution in [0.4, 0.5) is 0 Å². The van der Waals surface area contributed by atoms with Crippen molar-refractivity contribution in [2.24, 2.45) is 5.73 Å². The van der Waals surface area contributed by atoms with Crippen molar-refractivity contribution in [3.63, 3.8) is 0 Å². The third-order valence-corrected chi connectivity index (χ3v) is 3.24. The standard InChI is InChI=1S/C13H17N3O2S/c1-9-8-16(5-2-6-18-9)13(17)11-4-3-10(7-15-11)12(14)19/h3-4,7,9H,2,5-6,8H2,1H3,(H2,14,19). The van der Waals surface area contributed by atoms with Gasteiger partial charge in [-0.2, -0.15) is 0 Å². The summed E-state index contributed by atoms with van der Waals surface area (Å²) < 4.78 is 5.52. The summed E-state index contributed by atoms with van der Waals surface area (Å²) in [6.07, 6.45) is 2.44. The molecule has 2 rings (SSSR count). The van der Waals surface area contributed by atoms with E-state index in [1.165, 1.54) is 6.20 Å². The molecule has 1 aromatic heterocycles. The molecule has 6 heteroatoms. The molecule has 2 heterocycles. The second kappa shape index (κ2) is 6.08. The van der Waals surface area contributed by atoms with Crippen LogP contribution in [0, 0.1) is 0 Å². The fraction of sp³-hybridized carbons (Fsp3) is 0.462. The maximum Gasteiger partial charge on any atom is 0.272 e. The molecule has 1 amide bonds. The zero-order chi connectivity index (χ0) is 13.8. The number of hydrogen-bond donors (Lipinski definition) is 1. The molecule has 2 N–H and O–H groups in total. The largest absolute Gasteiger partial charge is 0.389 e. The van der Waals surface area contributed by atoms with Crippen LogP contribution in [0.25, 0.3) is 0 Å². The van der Waals surface area contributed by atoms with E-state index in [1.54, 1.807) is 17.0 Å². The van der Waals surface area contributed by atoms with Crippen LogP contribution < -0.4 is 5.73 Å². The van der Waals surface area contributed by atoms with Gasteiger partial charge in [0.25, 0.3) is 5.91 Å². The summed E-state index contributed by atoms with van der Waals surface area (Å²) >= 11 is 4.86. The average molecular weight is 279 g/mol. The highest BCUT2D eigenvalue weighted by atomic mass is 32.1. The maximum atomic E-state index is 12.3. The van der Waals surface area contributed by atoms with Gasteiger partial charge in [-0.05, 0) is 25.5 Å². The molecule has 0 saturated carbocycles. The van der Waals surface area contributed by atoms with Gasteiger partial charge >= 0.3 is 0 Å². The van der Waals surface area contributed by atoms with Crippen LogP contribution in [0.5, 0.6) is 0 Å². The van der Waals surface area contributed by atoms with Crippen molar-refractivity contribution in [1.29, 1.82) is 0 Å². The lowest BCUT2D eigenvalue weighted by molar-refractivity contribution is 0.0559. The maximum absolute atomic E-state index is 12.3. The van der Waals surface area contributed by atoms with Crippen molar-refractivity contribution in [2.45, 2.75) is 19.4 Å². The topological polar surface area (TPSA) is 68.5 Å². The van der Waals surface area contributed by atoms with E-state index in [-0.39, 0.29) is 17.0 Å². The molecule has 0 spiro atoms. The lowest BCUT2D eigenvalue weighted by Gasteiger charge is -2.21. The van der Waals surface area contributed by atoms with Crippen LogP contribution in [0.1, 0.15) is 29.4 Å². The highest BCUT2D eigenvalue weighted by Gasteiger charge is 2.21. The van der Waals surface area contributed by atoms with Crippen LogP contribution in [0.15, 0.2) is 18.3 Å². The van der Waals surface area contributed by atoms with Crippen molar-refractivity contribution in [2.75, 3.05) is 19.7 Å². The second-order valence-electron chi connectivity index (χ2n) is 4.58. The number of rotatable bonds is 2. The summed E-state index contributed by atoms with van der Waals surface area (Å²) in [5, 5.41) is 0. The first kappa shape index (κ1) is 13.9. The molecule has 1 aliphatic rings. The van der Waals surface area contributed by atoms with E-state index in [1.807, 2.05) is 6.92 Å². The quantitative estimate of drug-likeness (QED) is 0.817. The van der Waals surface area contributed by atoms with E-state index in [4.69, 9.17) is 22.7 Å². The van der Waals surface area contributed by atoms with E-state index in [0.29, 0.717) is 31.0 Å². The predicted octanol–water partition coefficient (Wildman–Crippen LogP) is 0.967. The van der Waals surface area contributed by atoms with E-state index in [0.717, 1.165) is 6.42 Å². The van der Waals surface area contributed by atoms with Crippen LogP contribution in [0.2, 0.25) is 0 Å². The minimum atomic E-state index is -0.0770. The van der Waals surface area contributed by atoms with Crippen molar-refractivity contribution < 1.29 is 9.53 Å². The van der Waals surface area contributed by atoms with Gasteiger partial charge in [0.2, 0.25) is 0 Å². The van der Waals surface area contributed by atoms with Gasteiger partial charge in [0.05, 0.1) is 6.10 Å². The number of carbonyl (C=O) groups is 1. The predicted molar refractivity (Wildman–Crippen MR) is 76.1 cm³/mol. The molecule has 1 aromatic rings. The zero-order valence-corrected chi connectivity index (χ0v) is 11.7. The number of carbonyl (C=O) groups excluding carboxylic acids is 1. The van der Waals surface area contributed by atoms with E-state index in [2.05, 4.69) is 4.98 Å². The third kappa shape index (κ3) is 3.48. The molecule has 0 bridgehead atoms. The minimum Gasteiger partial charge on any atom is -0.389 e. The van der Waals surface area contributed by atoms with Crippen molar-refractivity contribution in [3.8, 4) is 0 Å². The Balaban J connectivity index is 2.11. The van der Waals surface area contributed by atoms with E-state index >= 15 is 0 Å². The summed E-state index contributed by atoms with van der Waals surface area (Å²) in [5.74, 6) is -0.0770. The molecule has 1 atom stereocenters. The van der Waals surface area contributed by atoms with Crippen LogP contribution in [-0.2, 0) is 4.74 Å². The smallest absolute Gasteiger partial charge is 0.272 e. The van der Waals surface area contributed by atoms with Gasteiger partial charge in [0, 0.05) is 31.5 Å². The normalized spacial score (nSPS) is 19.8. The highest BCUT2D eigenvalue weighted by molar-refractivity contribution is 7.80. The van der Waals surface area contributed by atoms with E-state index < -0.39 is 0 Å². The number of aromatic nitrogens is 1. The van der Waals surface area contributed by atoms with Gasteiger partial charge in [0.1, 0.15) is 10.7 Å². The van der Waals surface area contributed by atoms with Crippen molar-refractivity contribution in [1.82, 2.24) is 9.88 Å². The van der Waals surface area contributed by atoms with Crippen LogP contribution in [-0.4, -0.2) is 46.6 Å². The summed E-state index contributed by atoms with van der Waals surface area (Å²) in [6, 6.07) is 3.38. The van der Waals surface area contributed by atoms with Crippen molar-refractivity contribution >= 4 is 23.1 Å². The Hall–Kier alpha value is -1.53. The van der Waals surface area contributed by atoms with Crippen LogP contribution in [0.3, 0.4) is 0 Å². The molecule has 5 nitrogen and oxygen atoms in total. The lowest BCUT2D eigenvalue weighted by atomic mass is 10.2. The van der Waals surface area contributed by atoms with Gasteiger partial charge in [-0.15, -0.1) is 0 Å². The van der Waals surface area contributed by atoms with Crippen LogP contribution >= 0.6 is 12.2 Å². The second-order valence-corrected chi connectivity index (χ2v) is 5.02. The average Bonchev–Trinajstić information content (AvgIpc) is 2.62. The number of hydrogen-bond acceptors (Lipinski definition) is 4. The lowest BCUT2D eigenvalue weighted by Crippen LogP contribution is -2.36. The first-order chi connectivity index (χ1) is 9.08. The first-order valence-corrected chi connectivity index (χ1v) is 6.65. The Kier molecular flexibility index (Phi) is 4.44. The molecular formula is C13H17N3O2S. The summed E-state index contributed by atoms with van der Waals surface area (Å²) in [6.45, 7) is 3.95. The monoisotopic (exact) mass is 279 g/mol. The Labute approximate surface area is 117 Å². The molecular weight excluding hydrogens is 262 g/mol. The van der Waals surface area contributed by atoms with Gasteiger partial charge in [0.15, 0.2) is 0 Å². The fourth-order valence-corrected chi connectivity index (χ4v) is 2.13. The van der Waals surface area contributed by atoms with Gasteiger partial charge in [-0.25, -0.2) is 0 Å². The number of pyridine rings is 1. The third-order valence-electron chi connectivity index (χ3n) is 3.01. The first-order valence-electron chi connectivity index (χ1n) is 6.24. The van der Waals surface area contributed by atoms with Gasteiger partial charge < -0.3 is 15.4 Å². The SMILES string of the molecule is CC1CN(C(=O)c2ccc(C(N)=S)cn2)CCCO1. The summed E-state index contributed by atoms with van der Waals surface area (Å²) in [5.41, 5.74) is 6.58. The fourth-order valence-electron chi connectivity index (χ4n) is 2.01. The molecule has 1 saturated heterocycles. The number of nitrogens with two attached hydrogens (primary N) is 1. The Morgan fingerprint density at radius 3 is 3.00 bits per heavy atom. The molecule has 1 aliphatic heterocycles. The molecule has 1 fully saturated rings. The van der Waals surface area contributed by atoms with Gasteiger partial charge in [-0.3, -0.25) is 9.78 Å². The molecule has 1 unspecified atom stereocenters. The molecule has 0 aliphatic carbocycles. The highest BCUT2D eigenvalue weighted by Crippen LogP contribution is 2.10.